The molecule has 1 saturated heterocycles. The van der Waals surface area contributed by atoms with Crippen LogP contribution in [-0.4, -0.2) is 58.4 Å². The van der Waals surface area contributed by atoms with Gasteiger partial charge < -0.3 is 4.90 Å². The summed E-state index contributed by atoms with van der Waals surface area (Å²) in [6.07, 6.45) is 8.00. The summed E-state index contributed by atoms with van der Waals surface area (Å²) in [5.41, 5.74) is 0. The third kappa shape index (κ3) is 4.48. The van der Waals surface area contributed by atoms with Crippen molar-refractivity contribution in [1.82, 2.24) is 15.3 Å². The van der Waals surface area contributed by atoms with Crippen molar-refractivity contribution in [2.75, 3.05) is 13.1 Å². The highest BCUT2D eigenvalue weighted by Gasteiger charge is 2.41. The lowest BCUT2D eigenvalue weighted by atomic mass is 9.85. The highest BCUT2D eigenvalue weighted by molar-refractivity contribution is 6.00. The molecule has 0 spiro atoms. The number of hydrogen-bond donors (Lipinski definition) is 2. The number of amides is 4. The van der Waals surface area contributed by atoms with Gasteiger partial charge in [-0.3, -0.25) is 29.7 Å². The second-order valence-corrected chi connectivity index (χ2v) is 8.05. The molecular formula is C19H29N3O5. The maximum absolute atomic E-state index is 13.2. The summed E-state index contributed by atoms with van der Waals surface area (Å²) in [6.45, 7) is 0.406. The average molecular weight is 379 g/mol. The monoisotopic (exact) mass is 379 g/mol. The predicted molar refractivity (Wildman–Crippen MR) is 95.2 cm³/mol. The zero-order chi connectivity index (χ0) is 19.4. The Labute approximate surface area is 159 Å². The molecule has 0 bridgehead atoms. The Morgan fingerprint density at radius 1 is 1.04 bits per heavy atom. The van der Waals surface area contributed by atoms with Gasteiger partial charge >= 0.3 is 0 Å². The fraction of sp³-hybridized carbons (Fsp3) is 0.789. The highest BCUT2D eigenvalue weighted by atomic mass is 16.5. The summed E-state index contributed by atoms with van der Waals surface area (Å²) in [5, 5.41) is 12.6. The van der Waals surface area contributed by atoms with E-state index in [1.54, 1.807) is 4.90 Å². The van der Waals surface area contributed by atoms with Crippen molar-refractivity contribution >= 4 is 24.1 Å². The highest BCUT2D eigenvalue weighted by Crippen LogP contribution is 2.34. The molecule has 2 N–H and O–H groups in total. The number of carbonyl (C=O) groups is 4. The zero-order valence-corrected chi connectivity index (χ0v) is 15.6. The van der Waals surface area contributed by atoms with Crippen molar-refractivity contribution < 1.29 is 24.4 Å². The maximum atomic E-state index is 13.2. The molecular weight excluding hydrogens is 350 g/mol. The van der Waals surface area contributed by atoms with E-state index in [1.165, 1.54) is 0 Å². The van der Waals surface area contributed by atoms with Gasteiger partial charge in [-0.2, -0.15) is 0 Å². The smallest absolute Gasteiger partial charge is 0.249 e. The molecule has 3 aliphatic rings. The summed E-state index contributed by atoms with van der Waals surface area (Å²) in [6, 6.07) is -0.645. The standard InChI is InChI=1S/C19H29N3O5/c23-12-21(27)11-15(13-5-1-2-6-13)19(26)22-10-4-9-16(22)18(25)20-17(24)14-7-3-8-14/h12-16,27H,1-11H2,(H,20,24,25)/t15?,16-/m0/s1. The quantitative estimate of drug-likeness (QED) is 0.298. The minimum Gasteiger partial charge on any atom is -0.330 e. The van der Waals surface area contributed by atoms with Crippen LogP contribution in [0.15, 0.2) is 0 Å². The molecule has 2 aliphatic carbocycles. The summed E-state index contributed by atoms with van der Waals surface area (Å²) < 4.78 is 0. The molecule has 0 aromatic rings. The summed E-state index contributed by atoms with van der Waals surface area (Å²) in [7, 11) is 0. The second kappa shape index (κ2) is 8.82. The lowest BCUT2D eigenvalue weighted by Gasteiger charge is -2.32. The molecule has 27 heavy (non-hydrogen) atoms. The molecule has 0 radical (unpaired) electrons. The van der Waals surface area contributed by atoms with Gasteiger partial charge in [0, 0.05) is 12.5 Å². The van der Waals surface area contributed by atoms with Crippen molar-refractivity contribution in [2.45, 2.75) is 63.8 Å². The second-order valence-electron chi connectivity index (χ2n) is 8.05. The third-order valence-corrected chi connectivity index (χ3v) is 6.35. The molecule has 1 aliphatic heterocycles. The van der Waals surface area contributed by atoms with Crippen LogP contribution in [0, 0.1) is 17.8 Å². The van der Waals surface area contributed by atoms with E-state index >= 15 is 0 Å². The number of carbonyl (C=O) groups excluding carboxylic acids is 4. The molecule has 0 aromatic carbocycles. The number of rotatable bonds is 7. The van der Waals surface area contributed by atoms with Gasteiger partial charge in [0.25, 0.3) is 0 Å². The Bertz CT molecular complexity index is 586. The fourth-order valence-electron chi connectivity index (χ4n) is 4.53. The van der Waals surface area contributed by atoms with Crippen LogP contribution in [0.5, 0.6) is 0 Å². The van der Waals surface area contributed by atoms with Crippen LogP contribution in [0.25, 0.3) is 0 Å². The molecule has 0 aromatic heterocycles. The molecule has 2 atom stereocenters. The Kier molecular flexibility index (Phi) is 6.46. The van der Waals surface area contributed by atoms with Gasteiger partial charge in [-0.05, 0) is 44.4 Å². The SMILES string of the molecule is O=CN(O)CC(C(=O)N1CCC[C@H]1C(=O)NC(=O)C1CCC1)C1CCCC1. The van der Waals surface area contributed by atoms with E-state index in [1.807, 2.05) is 0 Å². The molecule has 3 rings (SSSR count). The largest absolute Gasteiger partial charge is 0.330 e. The summed E-state index contributed by atoms with van der Waals surface area (Å²) >= 11 is 0. The van der Waals surface area contributed by atoms with Crippen LogP contribution in [-0.2, 0) is 19.2 Å². The number of nitrogens with one attached hydrogen (secondary N) is 1. The van der Waals surface area contributed by atoms with Crippen LogP contribution in [0.1, 0.15) is 57.8 Å². The first kappa shape index (κ1) is 19.8. The molecule has 2 saturated carbocycles. The maximum Gasteiger partial charge on any atom is 0.249 e. The van der Waals surface area contributed by atoms with Crippen molar-refractivity contribution in [3.63, 3.8) is 0 Å². The number of hydrogen-bond acceptors (Lipinski definition) is 5. The first-order valence-electron chi connectivity index (χ1n) is 10.1. The molecule has 3 fully saturated rings. The molecule has 1 unspecified atom stereocenters. The fourth-order valence-corrected chi connectivity index (χ4v) is 4.53. The third-order valence-electron chi connectivity index (χ3n) is 6.35. The normalized spacial score (nSPS) is 24.3. The predicted octanol–water partition coefficient (Wildman–Crippen LogP) is 1.07. The van der Waals surface area contributed by atoms with E-state index in [0.29, 0.717) is 30.9 Å². The summed E-state index contributed by atoms with van der Waals surface area (Å²) in [4.78, 5) is 50.3. The van der Waals surface area contributed by atoms with Gasteiger partial charge in [0.2, 0.25) is 24.1 Å². The Hall–Kier alpha value is -1.96. The molecule has 1 heterocycles. The van der Waals surface area contributed by atoms with Gasteiger partial charge in [-0.15, -0.1) is 0 Å². The van der Waals surface area contributed by atoms with Gasteiger partial charge in [0.15, 0.2) is 0 Å². The minimum absolute atomic E-state index is 0.0567. The van der Waals surface area contributed by atoms with Gasteiger partial charge in [0.1, 0.15) is 6.04 Å². The van der Waals surface area contributed by atoms with Crippen LogP contribution in [0.2, 0.25) is 0 Å². The first-order valence-corrected chi connectivity index (χ1v) is 10.1. The number of nitrogens with zero attached hydrogens (tertiary/aromatic N) is 2. The first-order chi connectivity index (χ1) is 13.0. The molecule has 8 heteroatoms. The van der Waals surface area contributed by atoms with Crippen LogP contribution in [0.4, 0.5) is 0 Å². The minimum atomic E-state index is -0.645. The van der Waals surface area contributed by atoms with Crippen molar-refractivity contribution in [2.24, 2.45) is 17.8 Å². The Morgan fingerprint density at radius 3 is 2.33 bits per heavy atom. The van der Waals surface area contributed by atoms with E-state index in [-0.39, 0.29) is 30.2 Å². The number of likely N-dealkylation sites (tertiary alicyclic amines) is 1. The van der Waals surface area contributed by atoms with Crippen LogP contribution in [0.3, 0.4) is 0 Å². The lowest BCUT2D eigenvalue weighted by Crippen LogP contribution is -2.52. The van der Waals surface area contributed by atoms with E-state index in [0.717, 1.165) is 44.9 Å². The van der Waals surface area contributed by atoms with Gasteiger partial charge in [-0.25, -0.2) is 5.06 Å². The summed E-state index contributed by atoms with van der Waals surface area (Å²) in [5.74, 6) is -1.33. The van der Waals surface area contributed by atoms with E-state index in [4.69, 9.17) is 0 Å². The number of imide groups is 1. The molecule has 8 nitrogen and oxygen atoms in total. The Morgan fingerprint density at radius 2 is 1.74 bits per heavy atom. The van der Waals surface area contributed by atoms with E-state index < -0.39 is 17.9 Å². The molecule has 150 valence electrons. The van der Waals surface area contributed by atoms with Gasteiger partial charge in [0.05, 0.1) is 12.5 Å². The average Bonchev–Trinajstić information content (AvgIpc) is 3.28. The van der Waals surface area contributed by atoms with Crippen molar-refractivity contribution in [1.29, 1.82) is 0 Å². The zero-order valence-electron chi connectivity index (χ0n) is 15.6. The van der Waals surface area contributed by atoms with E-state index in [9.17, 15) is 24.4 Å². The topological polar surface area (TPSA) is 107 Å². The lowest BCUT2D eigenvalue weighted by molar-refractivity contribution is -0.160. The van der Waals surface area contributed by atoms with Crippen LogP contribution < -0.4 is 5.32 Å². The molecule has 4 amide bonds. The van der Waals surface area contributed by atoms with E-state index in [2.05, 4.69) is 5.32 Å². The Balaban J connectivity index is 1.66. The van der Waals surface area contributed by atoms with Crippen molar-refractivity contribution in [3.05, 3.63) is 0 Å². The van der Waals surface area contributed by atoms with Gasteiger partial charge in [-0.1, -0.05) is 19.3 Å². The number of hydroxylamine groups is 2. The van der Waals surface area contributed by atoms with Crippen LogP contribution >= 0.6 is 0 Å². The van der Waals surface area contributed by atoms with Crippen molar-refractivity contribution in [3.8, 4) is 0 Å².